The second-order valence-electron chi connectivity index (χ2n) is 4.59. The van der Waals surface area contributed by atoms with E-state index in [1.54, 1.807) is 7.11 Å². The number of halogens is 1. The van der Waals surface area contributed by atoms with Crippen LogP contribution in [0.1, 0.15) is 31.7 Å². The van der Waals surface area contributed by atoms with E-state index in [0.717, 1.165) is 23.6 Å². The molecule has 0 aromatic carbocycles. The third kappa shape index (κ3) is 4.64. The number of aryl methyl sites for hydroxylation is 1. The van der Waals surface area contributed by atoms with Gasteiger partial charge in [0.15, 0.2) is 0 Å². The average Bonchev–Trinajstić information content (AvgIpc) is 2.30. The van der Waals surface area contributed by atoms with Gasteiger partial charge in [-0.3, -0.25) is 4.98 Å². The molecule has 0 saturated heterocycles. The zero-order valence-electron chi connectivity index (χ0n) is 10.9. The molecule has 0 N–H and O–H groups in total. The lowest BCUT2D eigenvalue weighted by Gasteiger charge is -2.22. The van der Waals surface area contributed by atoms with Gasteiger partial charge in [0.1, 0.15) is 5.75 Å². The van der Waals surface area contributed by atoms with Gasteiger partial charge < -0.3 is 9.47 Å². The number of alkyl halides is 1. The van der Waals surface area contributed by atoms with Crippen molar-refractivity contribution in [1.82, 2.24) is 4.98 Å². The summed E-state index contributed by atoms with van der Waals surface area (Å²) in [4.78, 5) is 4.42. The fourth-order valence-corrected chi connectivity index (χ4v) is 1.74. The number of nitrogens with zero attached hydrogens (tertiary/aromatic N) is 1. The Morgan fingerprint density at radius 1 is 1.35 bits per heavy atom. The highest BCUT2D eigenvalue weighted by molar-refractivity contribution is 9.08. The second-order valence-corrected chi connectivity index (χ2v) is 5.15. The third-order valence-corrected chi connectivity index (χ3v) is 3.24. The van der Waals surface area contributed by atoms with Gasteiger partial charge in [-0.05, 0) is 32.9 Å². The highest BCUT2D eigenvalue weighted by atomic mass is 79.9. The smallest absolute Gasteiger partial charge is 0.141 e. The van der Waals surface area contributed by atoms with Crippen molar-refractivity contribution in [2.24, 2.45) is 0 Å². The van der Waals surface area contributed by atoms with E-state index in [9.17, 15) is 0 Å². The molecule has 0 unspecified atom stereocenters. The van der Waals surface area contributed by atoms with Crippen LogP contribution in [-0.2, 0) is 10.1 Å². The molecule has 4 heteroatoms. The molecular weight excluding hydrogens is 282 g/mol. The van der Waals surface area contributed by atoms with Crippen LogP contribution < -0.4 is 4.74 Å². The lowest BCUT2D eigenvalue weighted by Crippen LogP contribution is -2.25. The van der Waals surface area contributed by atoms with Crippen molar-refractivity contribution in [1.29, 1.82) is 0 Å². The van der Waals surface area contributed by atoms with Crippen molar-refractivity contribution in [2.45, 2.75) is 38.1 Å². The third-order valence-electron chi connectivity index (χ3n) is 2.71. The van der Waals surface area contributed by atoms with Crippen molar-refractivity contribution in [3.05, 3.63) is 23.5 Å². The summed E-state index contributed by atoms with van der Waals surface area (Å²) >= 11 is 3.42. The van der Waals surface area contributed by atoms with Crippen molar-refractivity contribution >= 4 is 15.9 Å². The molecule has 0 radical (unpaired) electrons. The Morgan fingerprint density at radius 2 is 2.06 bits per heavy atom. The zero-order valence-corrected chi connectivity index (χ0v) is 12.5. The monoisotopic (exact) mass is 301 g/mol. The van der Waals surface area contributed by atoms with Gasteiger partial charge in [-0.25, -0.2) is 0 Å². The first-order valence-corrected chi connectivity index (χ1v) is 6.81. The number of rotatable bonds is 6. The second kappa shape index (κ2) is 6.36. The van der Waals surface area contributed by atoms with Gasteiger partial charge in [-0.2, -0.15) is 0 Å². The Labute approximate surface area is 112 Å². The van der Waals surface area contributed by atoms with Crippen molar-refractivity contribution in [3.63, 3.8) is 0 Å². The number of ether oxygens (including phenoxy) is 2. The SMILES string of the molecule is COC(C)(C)CCOc1ccc(C)nc1CBr. The molecule has 0 spiro atoms. The Balaban J connectivity index is 2.57. The molecule has 0 aliphatic heterocycles. The zero-order chi connectivity index (χ0) is 12.9. The molecule has 0 aliphatic carbocycles. The molecule has 1 heterocycles. The van der Waals surface area contributed by atoms with E-state index in [1.165, 1.54) is 0 Å². The maximum absolute atomic E-state index is 5.75. The predicted molar refractivity (Wildman–Crippen MR) is 72.8 cm³/mol. The van der Waals surface area contributed by atoms with E-state index in [4.69, 9.17) is 9.47 Å². The molecule has 17 heavy (non-hydrogen) atoms. The minimum Gasteiger partial charge on any atom is -0.492 e. The Bertz CT molecular complexity index is 366. The summed E-state index contributed by atoms with van der Waals surface area (Å²) in [6, 6.07) is 3.93. The van der Waals surface area contributed by atoms with Crippen LogP contribution in [0.4, 0.5) is 0 Å². The first kappa shape index (κ1) is 14.5. The highest BCUT2D eigenvalue weighted by Gasteiger charge is 2.16. The molecule has 1 aromatic heterocycles. The van der Waals surface area contributed by atoms with Gasteiger partial charge >= 0.3 is 0 Å². The summed E-state index contributed by atoms with van der Waals surface area (Å²) in [6.07, 6.45) is 0.846. The molecule has 96 valence electrons. The fourth-order valence-electron chi connectivity index (χ4n) is 1.33. The van der Waals surface area contributed by atoms with Crippen LogP contribution >= 0.6 is 15.9 Å². The van der Waals surface area contributed by atoms with E-state index in [2.05, 4.69) is 34.8 Å². The predicted octanol–water partition coefficient (Wildman–Crippen LogP) is 3.48. The minimum absolute atomic E-state index is 0.146. The summed E-state index contributed by atoms with van der Waals surface area (Å²) in [7, 11) is 1.72. The van der Waals surface area contributed by atoms with Gasteiger partial charge in [0.2, 0.25) is 0 Å². The van der Waals surface area contributed by atoms with Crippen LogP contribution in [0.2, 0.25) is 0 Å². The maximum Gasteiger partial charge on any atom is 0.141 e. The highest BCUT2D eigenvalue weighted by Crippen LogP contribution is 2.21. The van der Waals surface area contributed by atoms with E-state index in [-0.39, 0.29) is 5.60 Å². The standard InChI is InChI=1S/C13H20BrNO2/c1-10-5-6-12(11(9-14)15-10)17-8-7-13(2,3)16-4/h5-6H,7-9H2,1-4H3. The molecule has 0 fully saturated rings. The molecular formula is C13H20BrNO2. The number of aromatic nitrogens is 1. The summed E-state index contributed by atoms with van der Waals surface area (Å²) in [5.74, 6) is 0.847. The average molecular weight is 302 g/mol. The minimum atomic E-state index is -0.146. The van der Waals surface area contributed by atoms with Gasteiger partial charge in [-0.1, -0.05) is 15.9 Å². The molecule has 0 saturated carbocycles. The van der Waals surface area contributed by atoms with E-state index < -0.39 is 0 Å². The summed E-state index contributed by atoms with van der Waals surface area (Å²) < 4.78 is 11.1. The Hall–Kier alpha value is -0.610. The summed E-state index contributed by atoms with van der Waals surface area (Å²) in [5.41, 5.74) is 1.80. The van der Waals surface area contributed by atoms with Gasteiger partial charge in [0.25, 0.3) is 0 Å². The molecule has 1 rings (SSSR count). The van der Waals surface area contributed by atoms with Crippen molar-refractivity contribution in [2.75, 3.05) is 13.7 Å². The molecule has 0 amide bonds. The van der Waals surface area contributed by atoms with Gasteiger partial charge in [0, 0.05) is 24.6 Å². The molecule has 3 nitrogen and oxygen atoms in total. The van der Waals surface area contributed by atoms with Gasteiger partial charge in [-0.15, -0.1) is 0 Å². The normalized spacial score (nSPS) is 11.6. The summed E-state index contributed by atoms with van der Waals surface area (Å²) in [6.45, 7) is 6.71. The molecule has 0 bridgehead atoms. The maximum atomic E-state index is 5.75. The molecule has 0 aliphatic rings. The largest absolute Gasteiger partial charge is 0.492 e. The number of methoxy groups -OCH3 is 1. The number of hydrogen-bond donors (Lipinski definition) is 0. The topological polar surface area (TPSA) is 31.4 Å². The van der Waals surface area contributed by atoms with Crippen molar-refractivity contribution in [3.8, 4) is 5.75 Å². The number of hydrogen-bond acceptors (Lipinski definition) is 3. The van der Waals surface area contributed by atoms with Gasteiger partial charge in [0.05, 0.1) is 17.9 Å². The van der Waals surface area contributed by atoms with E-state index >= 15 is 0 Å². The first-order chi connectivity index (χ1) is 7.98. The van der Waals surface area contributed by atoms with Crippen molar-refractivity contribution < 1.29 is 9.47 Å². The summed E-state index contributed by atoms with van der Waals surface area (Å²) in [5, 5.41) is 0.706. The first-order valence-electron chi connectivity index (χ1n) is 5.69. The molecule has 0 atom stereocenters. The number of pyridine rings is 1. The quantitative estimate of drug-likeness (QED) is 0.754. The molecule has 1 aromatic rings. The van der Waals surface area contributed by atoms with Crippen LogP contribution in [0, 0.1) is 6.92 Å². The van der Waals surface area contributed by atoms with E-state index in [1.807, 2.05) is 19.1 Å². The lowest BCUT2D eigenvalue weighted by atomic mass is 10.1. The van der Waals surface area contributed by atoms with Crippen LogP contribution in [0.3, 0.4) is 0 Å². The lowest BCUT2D eigenvalue weighted by molar-refractivity contribution is 0.00535. The van der Waals surface area contributed by atoms with Crippen LogP contribution in [-0.4, -0.2) is 24.3 Å². The Morgan fingerprint density at radius 3 is 2.65 bits per heavy atom. The van der Waals surface area contributed by atoms with Crippen LogP contribution in [0.15, 0.2) is 12.1 Å². The fraction of sp³-hybridized carbons (Fsp3) is 0.615. The van der Waals surface area contributed by atoms with E-state index in [0.29, 0.717) is 11.9 Å². The van der Waals surface area contributed by atoms with Crippen LogP contribution in [0.5, 0.6) is 5.75 Å². The Kier molecular flexibility index (Phi) is 5.40. The van der Waals surface area contributed by atoms with Crippen LogP contribution in [0.25, 0.3) is 0 Å².